The molecular weight excluding hydrogens is 1010 g/mol. The minimum atomic E-state index is -1.79. The molecule has 0 unspecified atom stereocenters. The first-order chi connectivity index (χ1) is 33.4. The zero-order chi connectivity index (χ0) is 54.0. The molecule has 25 nitrogen and oxygen atoms in total. The second-order valence-electron chi connectivity index (χ2n) is 16.2. The lowest BCUT2D eigenvalue weighted by atomic mass is 10.0. The molecule has 0 saturated heterocycles. The molecule has 398 valence electrons. The lowest BCUT2D eigenvalue weighted by molar-refractivity contribution is -0.141. The number of hydrogen-bond acceptors (Lipinski definition) is 18. The number of aliphatic hydroxyl groups is 2. The Hall–Kier alpha value is -5.33. The van der Waals surface area contributed by atoms with Crippen LogP contribution in [0.1, 0.15) is 45.6 Å². The summed E-state index contributed by atoms with van der Waals surface area (Å²) in [5.74, 6) is -12.3. The molecular formula is C42H66N10O15S4. The lowest BCUT2D eigenvalue weighted by Crippen LogP contribution is -2.63. The molecule has 0 aliphatic carbocycles. The summed E-state index contributed by atoms with van der Waals surface area (Å²) in [7, 11) is 0. The molecule has 0 bridgehead atoms. The molecule has 0 aromatic heterocycles. The largest absolute Gasteiger partial charge is 0.481 e. The molecule has 9 amide bonds. The molecule has 29 heteroatoms. The Bertz CT molecular complexity index is 1990. The molecule has 0 saturated carbocycles. The van der Waals surface area contributed by atoms with Crippen molar-refractivity contribution in [3.05, 3.63) is 35.9 Å². The van der Waals surface area contributed by atoms with Crippen molar-refractivity contribution >= 4 is 115 Å². The summed E-state index contributed by atoms with van der Waals surface area (Å²) in [6.07, 6.45) is -1.25. The highest BCUT2D eigenvalue weighted by atomic mass is 32.2. The van der Waals surface area contributed by atoms with Crippen LogP contribution in [0.2, 0.25) is 0 Å². The maximum absolute atomic E-state index is 14.1. The van der Waals surface area contributed by atoms with Crippen LogP contribution in [0.5, 0.6) is 0 Å². The van der Waals surface area contributed by atoms with Gasteiger partial charge in [-0.05, 0) is 43.3 Å². The fourth-order valence-electron chi connectivity index (χ4n) is 6.09. The predicted octanol–water partition coefficient (Wildman–Crippen LogP) is -4.93. The molecule has 15 N–H and O–H groups in total. The number of aliphatic carboxylic acids is 2. The molecule has 10 atom stereocenters. The summed E-state index contributed by atoms with van der Waals surface area (Å²) in [5.41, 5.74) is 6.09. The van der Waals surface area contributed by atoms with Crippen molar-refractivity contribution < 1.29 is 73.2 Å². The first kappa shape index (κ1) is 63.7. The SMILES string of the molecule is CSCC[C@H](NC(=O)[C@H](Cc1ccccc1)NC(=O)[C@@H](NC(=O)[C@@H](NC(=O)[C@H](CCC(=O)O)NC(=O)[C@H](CO)NC(=O)CNC(=O)[C@@H](N)CS)C(C)C)[C@@H](C)O)C(=O)N[C@@H](CS)C(=O)N[C@@H](CS)C(=O)O. The second kappa shape index (κ2) is 33.3. The summed E-state index contributed by atoms with van der Waals surface area (Å²) in [4.78, 5) is 143. The van der Waals surface area contributed by atoms with E-state index >= 15 is 0 Å². The number of carbonyl (C=O) groups is 11. The van der Waals surface area contributed by atoms with E-state index in [9.17, 15) is 73.2 Å². The standard InChI is InChI=1S/C42H66N10O15S4/c1-20(2)32(51-36(60)24(10-11-31(56)57)46-38(62)27(16-53)45-30(55)15-44-34(58)23(43)17-68)40(64)52-33(21(3)54)41(65)48-26(14-22-8-6-5-7-9-22)37(61)47-25(12-13-71-4)35(59)49-28(18-69)39(63)50-29(19-70)42(66)67/h5-9,20-21,23-29,32-33,53-54,68-70H,10-19,43H2,1-4H3,(H,44,58)(H,45,55)(H,46,62)(H,47,61)(H,48,65)(H,49,59)(H,50,63)(H,51,60)(H,52,64)(H,56,57)(H,66,67)/t21-,23+,24+,25+,26+,27+,28+,29+,32+,33+/m1/s1. The van der Waals surface area contributed by atoms with Crippen LogP contribution in [0.3, 0.4) is 0 Å². The van der Waals surface area contributed by atoms with E-state index in [4.69, 9.17) is 5.73 Å². The van der Waals surface area contributed by atoms with Gasteiger partial charge in [0.05, 0.1) is 25.3 Å². The number of aliphatic hydroxyl groups excluding tert-OH is 2. The minimum Gasteiger partial charge on any atom is -0.481 e. The van der Waals surface area contributed by atoms with Crippen LogP contribution < -0.4 is 53.6 Å². The molecule has 71 heavy (non-hydrogen) atoms. The van der Waals surface area contributed by atoms with Crippen LogP contribution in [0, 0.1) is 5.92 Å². The Kier molecular flexibility index (Phi) is 29.9. The van der Waals surface area contributed by atoms with Crippen molar-refractivity contribution in [2.45, 2.75) is 107 Å². The summed E-state index contributed by atoms with van der Waals surface area (Å²) < 4.78 is 0. The highest BCUT2D eigenvalue weighted by molar-refractivity contribution is 7.98. The molecule has 0 spiro atoms. The minimum absolute atomic E-state index is 0.0299. The topological polar surface area (TPSA) is 403 Å². The number of benzene rings is 1. The highest BCUT2D eigenvalue weighted by Gasteiger charge is 2.37. The lowest BCUT2D eigenvalue weighted by Gasteiger charge is -2.29. The summed E-state index contributed by atoms with van der Waals surface area (Å²) >= 11 is 13.3. The molecule has 1 aromatic carbocycles. The number of nitrogens with two attached hydrogens (primary N) is 1. The van der Waals surface area contributed by atoms with Crippen molar-refractivity contribution in [3.63, 3.8) is 0 Å². The van der Waals surface area contributed by atoms with Gasteiger partial charge in [-0.15, -0.1) is 0 Å². The molecule has 0 aliphatic heterocycles. The van der Waals surface area contributed by atoms with E-state index in [0.29, 0.717) is 11.3 Å². The van der Waals surface area contributed by atoms with Crippen LogP contribution in [0.15, 0.2) is 30.3 Å². The number of thiol groups is 3. The van der Waals surface area contributed by atoms with Crippen LogP contribution in [0.25, 0.3) is 0 Å². The summed E-state index contributed by atoms with van der Waals surface area (Å²) in [5, 5.41) is 60.6. The summed E-state index contributed by atoms with van der Waals surface area (Å²) in [6.45, 7) is 2.50. The average Bonchev–Trinajstić information content (AvgIpc) is 3.32. The normalized spacial score (nSPS) is 15.3. The van der Waals surface area contributed by atoms with Gasteiger partial charge in [0.25, 0.3) is 0 Å². The maximum atomic E-state index is 14.1. The van der Waals surface area contributed by atoms with Gasteiger partial charge in [-0.3, -0.25) is 47.9 Å². The maximum Gasteiger partial charge on any atom is 0.327 e. The Morgan fingerprint density at radius 3 is 1.58 bits per heavy atom. The first-order valence-electron chi connectivity index (χ1n) is 22.0. The van der Waals surface area contributed by atoms with Crippen molar-refractivity contribution in [2.24, 2.45) is 11.7 Å². The van der Waals surface area contributed by atoms with E-state index in [1.54, 1.807) is 36.6 Å². The number of carboxylic acid groups (broad SMARTS) is 2. The van der Waals surface area contributed by atoms with Gasteiger partial charge >= 0.3 is 11.9 Å². The van der Waals surface area contributed by atoms with Crippen molar-refractivity contribution in [3.8, 4) is 0 Å². The van der Waals surface area contributed by atoms with Crippen molar-refractivity contribution in [2.75, 3.05) is 42.4 Å². The van der Waals surface area contributed by atoms with Crippen molar-refractivity contribution in [1.29, 1.82) is 0 Å². The van der Waals surface area contributed by atoms with Gasteiger partial charge in [-0.25, -0.2) is 4.79 Å². The number of carbonyl (C=O) groups excluding carboxylic acids is 9. The predicted molar refractivity (Wildman–Crippen MR) is 269 cm³/mol. The van der Waals surface area contributed by atoms with Crippen LogP contribution in [0.4, 0.5) is 0 Å². The van der Waals surface area contributed by atoms with E-state index in [-0.39, 0.29) is 30.1 Å². The zero-order valence-electron chi connectivity index (χ0n) is 39.4. The van der Waals surface area contributed by atoms with E-state index in [0.717, 1.165) is 6.92 Å². The molecule has 0 fully saturated rings. The number of carboxylic acids is 2. The first-order valence-corrected chi connectivity index (χ1v) is 25.3. The van der Waals surface area contributed by atoms with Gasteiger partial charge in [0, 0.05) is 30.1 Å². The number of hydrogen-bond donors (Lipinski definition) is 17. The molecule has 0 radical (unpaired) electrons. The van der Waals surface area contributed by atoms with E-state index in [1.807, 2.05) is 0 Å². The molecule has 1 aromatic rings. The van der Waals surface area contributed by atoms with Crippen LogP contribution in [-0.2, 0) is 59.2 Å². The third-order valence-electron chi connectivity index (χ3n) is 10.2. The Balaban J connectivity index is 3.38. The second-order valence-corrected chi connectivity index (χ2v) is 18.3. The van der Waals surface area contributed by atoms with E-state index < -0.39 is 157 Å². The zero-order valence-corrected chi connectivity index (χ0v) is 42.9. The highest BCUT2D eigenvalue weighted by Crippen LogP contribution is 2.11. The van der Waals surface area contributed by atoms with Crippen LogP contribution >= 0.6 is 49.6 Å². The Morgan fingerprint density at radius 1 is 0.592 bits per heavy atom. The fourth-order valence-corrected chi connectivity index (χ4v) is 7.23. The third kappa shape index (κ3) is 23.2. The fraction of sp³-hybridized carbons (Fsp3) is 0.595. The number of thioether (sulfide) groups is 1. The van der Waals surface area contributed by atoms with E-state index in [1.165, 1.54) is 25.6 Å². The van der Waals surface area contributed by atoms with E-state index in [2.05, 4.69) is 85.7 Å². The molecule has 0 aliphatic rings. The van der Waals surface area contributed by atoms with Gasteiger partial charge < -0.3 is 74.0 Å². The number of amides is 9. The Morgan fingerprint density at radius 2 is 1.07 bits per heavy atom. The van der Waals surface area contributed by atoms with Gasteiger partial charge in [0.2, 0.25) is 53.2 Å². The number of rotatable bonds is 33. The van der Waals surface area contributed by atoms with Gasteiger partial charge in [0.15, 0.2) is 0 Å². The van der Waals surface area contributed by atoms with Crippen LogP contribution in [-0.4, -0.2) is 188 Å². The van der Waals surface area contributed by atoms with Gasteiger partial charge in [-0.2, -0.15) is 49.6 Å². The molecule has 1 rings (SSSR count). The van der Waals surface area contributed by atoms with Crippen molar-refractivity contribution in [1.82, 2.24) is 47.9 Å². The summed E-state index contributed by atoms with van der Waals surface area (Å²) in [6, 6.07) is -4.87. The number of nitrogens with one attached hydrogen (secondary N) is 9. The smallest absolute Gasteiger partial charge is 0.327 e. The Labute approximate surface area is 430 Å². The quantitative estimate of drug-likeness (QED) is 0.0293. The van der Waals surface area contributed by atoms with Gasteiger partial charge in [-0.1, -0.05) is 44.2 Å². The third-order valence-corrected chi connectivity index (χ3v) is 11.9. The van der Waals surface area contributed by atoms with Gasteiger partial charge in [0.1, 0.15) is 48.3 Å². The monoisotopic (exact) mass is 1080 g/mol. The molecule has 0 heterocycles. The average molecular weight is 1080 g/mol.